The molecule has 1 N–H and O–H groups in total. The van der Waals surface area contributed by atoms with Gasteiger partial charge in [0.15, 0.2) is 5.16 Å². The van der Waals surface area contributed by atoms with Gasteiger partial charge in [0, 0.05) is 25.1 Å². The molecule has 2 aromatic carbocycles. The van der Waals surface area contributed by atoms with Crippen molar-refractivity contribution in [1.82, 2.24) is 9.55 Å². The Hall–Kier alpha value is -3.57. The topological polar surface area (TPSA) is 73.2 Å². The Labute approximate surface area is 188 Å². The summed E-state index contributed by atoms with van der Waals surface area (Å²) in [6.45, 7) is 0.159. The van der Waals surface area contributed by atoms with Gasteiger partial charge in [-0.2, -0.15) is 4.98 Å². The average molecular weight is 450 g/mol. The highest BCUT2D eigenvalue weighted by molar-refractivity contribution is 7.98. The number of nitrogens with zero attached hydrogens (tertiary/aromatic N) is 2. The van der Waals surface area contributed by atoms with Gasteiger partial charge in [0.25, 0.3) is 5.56 Å². The maximum atomic E-state index is 14.0. The maximum absolute atomic E-state index is 14.0. The zero-order chi connectivity index (χ0) is 22.7. The minimum atomic E-state index is -0.433. The second kappa shape index (κ2) is 9.28. The van der Waals surface area contributed by atoms with Crippen molar-refractivity contribution in [3.63, 3.8) is 0 Å². The molecule has 2 heterocycles. The zero-order valence-corrected chi connectivity index (χ0v) is 18.1. The van der Waals surface area contributed by atoms with Crippen LogP contribution in [0.15, 0.2) is 58.5 Å². The van der Waals surface area contributed by atoms with Crippen LogP contribution in [-0.4, -0.2) is 22.1 Å². The number of benzene rings is 2. The van der Waals surface area contributed by atoms with Crippen LogP contribution in [0.1, 0.15) is 29.0 Å². The zero-order valence-electron chi connectivity index (χ0n) is 17.3. The van der Waals surface area contributed by atoms with E-state index in [1.807, 2.05) is 12.1 Å². The molecule has 0 saturated carbocycles. The van der Waals surface area contributed by atoms with E-state index in [-0.39, 0.29) is 24.8 Å². The molecule has 32 heavy (non-hydrogen) atoms. The molecule has 1 aromatic heterocycles. The number of thioether (sulfide) groups is 1. The minimum absolute atomic E-state index is 0.135. The van der Waals surface area contributed by atoms with E-state index in [2.05, 4.69) is 16.2 Å². The Morgan fingerprint density at radius 2 is 2.00 bits per heavy atom. The lowest BCUT2D eigenvalue weighted by Crippen LogP contribution is -2.33. The molecule has 162 valence electrons. The molecule has 1 unspecified atom stereocenters. The van der Waals surface area contributed by atoms with Gasteiger partial charge in [-0.3, -0.25) is 9.59 Å². The number of carbonyl (C=O) groups excluding carboxylic acids is 1. The summed E-state index contributed by atoms with van der Waals surface area (Å²) in [5.74, 6) is 2.79. The summed E-state index contributed by atoms with van der Waals surface area (Å²) in [4.78, 5) is 29.7. The van der Waals surface area contributed by atoms with Gasteiger partial charge in [-0.05, 0) is 29.3 Å². The Bertz CT molecular complexity index is 1260. The van der Waals surface area contributed by atoms with Crippen molar-refractivity contribution in [2.45, 2.75) is 23.2 Å². The maximum Gasteiger partial charge on any atom is 0.279 e. The number of aromatic nitrogens is 2. The minimum Gasteiger partial charge on any atom is -0.481 e. The average Bonchev–Trinajstić information content (AvgIpc) is 2.79. The van der Waals surface area contributed by atoms with Crippen molar-refractivity contribution in [2.24, 2.45) is 7.05 Å². The van der Waals surface area contributed by atoms with Crippen LogP contribution in [0.25, 0.3) is 0 Å². The van der Waals surface area contributed by atoms with Gasteiger partial charge >= 0.3 is 0 Å². The first-order valence-corrected chi connectivity index (χ1v) is 10.9. The smallest absolute Gasteiger partial charge is 0.279 e. The van der Waals surface area contributed by atoms with Gasteiger partial charge in [0.2, 0.25) is 5.91 Å². The Kier molecular flexibility index (Phi) is 6.28. The van der Waals surface area contributed by atoms with Crippen molar-refractivity contribution in [3.05, 3.63) is 81.4 Å². The Morgan fingerprint density at radius 1 is 1.25 bits per heavy atom. The van der Waals surface area contributed by atoms with E-state index in [1.165, 1.54) is 17.8 Å². The number of ether oxygens (including phenoxy) is 1. The summed E-state index contributed by atoms with van der Waals surface area (Å²) < 4.78 is 21.0. The Balaban J connectivity index is 1.66. The van der Waals surface area contributed by atoms with E-state index in [9.17, 15) is 14.0 Å². The molecule has 6 nitrogen and oxygen atoms in total. The SMILES string of the molecule is C#CCOc1ccc(C2CC(=O)Nc3c2c(=O)nc(SCc2ccccc2F)n3C)cc1. The number of halogens is 1. The molecule has 1 aliphatic heterocycles. The largest absolute Gasteiger partial charge is 0.481 e. The van der Waals surface area contributed by atoms with Crippen molar-refractivity contribution in [1.29, 1.82) is 0 Å². The number of carbonyl (C=O) groups is 1. The number of fused-ring (bicyclic) bond motifs is 1. The fourth-order valence-electron chi connectivity index (χ4n) is 3.63. The number of terminal acetylenes is 1. The standard InChI is InChI=1S/C24H20FN3O3S/c1-3-12-31-17-10-8-15(9-11-17)18-13-20(29)26-22-21(18)23(30)27-24(28(22)2)32-14-16-6-4-5-7-19(16)25/h1,4-11,18H,12-14H2,2H3,(H,26,29). The predicted octanol–water partition coefficient (Wildman–Crippen LogP) is 3.70. The first-order chi connectivity index (χ1) is 15.5. The van der Waals surface area contributed by atoms with Crippen LogP contribution in [0.5, 0.6) is 5.75 Å². The second-order valence-electron chi connectivity index (χ2n) is 7.27. The quantitative estimate of drug-likeness (QED) is 0.353. The van der Waals surface area contributed by atoms with Crippen LogP contribution in [-0.2, 0) is 17.6 Å². The number of hydrogen-bond acceptors (Lipinski definition) is 5. The van der Waals surface area contributed by atoms with Gasteiger partial charge < -0.3 is 14.6 Å². The van der Waals surface area contributed by atoms with Crippen LogP contribution < -0.4 is 15.6 Å². The first kappa shape index (κ1) is 21.7. The van der Waals surface area contributed by atoms with Crippen molar-refractivity contribution >= 4 is 23.5 Å². The van der Waals surface area contributed by atoms with E-state index in [0.29, 0.717) is 33.6 Å². The highest BCUT2D eigenvalue weighted by Gasteiger charge is 2.32. The molecular formula is C24H20FN3O3S. The van der Waals surface area contributed by atoms with E-state index >= 15 is 0 Å². The van der Waals surface area contributed by atoms with E-state index in [4.69, 9.17) is 11.2 Å². The molecule has 3 aromatic rings. The van der Waals surface area contributed by atoms with Gasteiger partial charge in [-0.15, -0.1) is 6.42 Å². The third kappa shape index (κ3) is 4.39. The van der Waals surface area contributed by atoms with Crippen LogP contribution in [0, 0.1) is 18.2 Å². The first-order valence-electron chi connectivity index (χ1n) is 9.91. The molecule has 1 amide bonds. The lowest BCUT2D eigenvalue weighted by Gasteiger charge is -2.27. The lowest BCUT2D eigenvalue weighted by atomic mass is 9.87. The van der Waals surface area contributed by atoms with Crippen LogP contribution in [0.4, 0.5) is 10.2 Å². The van der Waals surface area contributed by atoms with Crippen LogP contribution in [0.3, 0.4) is 0 Å². The molecule has 0 saturated heterocycles. The summed E-state index contributed by atoms with van der Waals surface area (Å²) in [6, 6.07) is 13.6. The predicted molar refractivity (Wildman–Crippen MR) is 121 cm³/mol. The van der Waals surface area contributed by atoms with E-state index in [0.717, 1.165) is 5.56 Å². The van der Waals surface area contributed by atoms with Crippen molar-refractivity contribution in [2.75, 3.05) is 11.9 Å². The normalized spacial score (nSPS) is 14.9. The molecule has 8 heteroatoms. The Morgan fingerprint density at radius 3 is 2.72 bits per heavy atom. The molecule has 0 aliphatic carbocycles. The summed E-state index contributed by atoms with van der Waals surface area (Å²) in [7, 11) is 1.73. The van der Waals surface area contributed by atoms with Gasteiger partial charge in [0.1, 0.15) is 24.0 Å². The molecule has 1 aliphatic rings. The van der Waals surface area contributed by atoms with Gasteiger partial charge in [-0.25, -0.2) is 4.39 Å². The van der Waals surface area contributed by atoms with E-state index in [1.54, 1.807) is 41.9 Å². The molecule has 4 rings (SSSR count). The van der Waals surface area contributed by atoms with Gasteiger partial charge in [-0.1, -0.05) is 48.0 Å². The molecule has 0 fully saturated rings. The number of anilines is 1. The summed E-state index contributed by atoms with van der Waals surface area (Å²) in [5, 5.41) is 3.21. The molecule has 1 atom stereocenters. The van der Waals surface area contributed by atoms with Crippen LogP contribution in [0.2, 0.25) is 0 Å². The highest BCUT2D eigenvalue weighted by atomic mass is 32.2. The monoisotopic (exact) mass is 449 g/mol. The van der Waals surface area contributed by atoms with Gasteiger partial charge in [0.05, 0.1) is 5.56 Å². The van der Waals surface area contributed by atoms with Crippen molar-refractivity contribution < 1.29 is 13.9 Å². The molecule has 0 radical (unpaired) electrons. The number of amides is 1. The third-order valence-corrected chi connectivity index (χ3v) is 6.30. The highest BCUT2D eigenvalue weighted by Crippen LogP contribution is 2.36. The van der Waals surface area contributed by atoms with E-state index < -0.39 is 11.5 Å². The van der Waals surface area contributed by atoms with Crippen molar-refractivity contribution in [3.8, 4) is 18.1 Å². The fourth-order valence-corrected chi connectivity index (χ4v) is 4.58. The molecule has 0 spiro atoms. The molecular weight excluding hydrogens is 429 g/mol. The summed E-state index contributed by atoms with van der Waals surface area (Å²) >= 11 is 1.24. The van der Waals surface area contributed by atoms with Crippen LogP contribution >= 0.6 is 11.8 Å². The fraction of sp³-hybridized carbons (Fsp3) is 0.208. The number of hydrogen-bond donors (Lipinski definition) is 1. The lowest BCUT2D eigenvalue weighted by molar-refractivity contribution is -0.116. The molecule has 0 bridgehead atoms. The number of rotatable bonds is 6. The summed E-state index contributed by atoms with van der Waals surface area (Å²) in [5.41, 5.74) is 1.34. The summed E-state index contributed by atoms with van der Waals surface area (Å²) in [6.07, 6.45) is 5.35. The number of nitrogens with one attached hydrogen (secondary N) is 1. The third-order valence-electron chi connectivity index (χ3n) is 5.22. The second-order valence-corrected chi connectivity index (χ2v) is 8.21.